The highest BCUT2D eigenvalue weighted by Crippen LogP contribution is 1.83. The lowest BCUT2D eigenvalue weighted by atomic mass is 10.4. The van der Waals surface area contributed by atoms with Crippen LogP contribution >= 0.6 is 23.2 Å². The number of hydrogen-bond acceptors (Lipinski definition) is 1. The lowest BCUT2D eigenvalue weighted by Gasteiger charge is -1.79. The molecule has 0 unspecified atom stereocenters. The molecule has 0 saturated heterocycles. The smallest absolute Gasteiger partial charge is 0.303 e. The van der Waals surface area contributed by atoms with Crippen LogP contribution in [-0.4, -0.2) is 11.1 Å². The molecule has 1 N–H and O–H groups in total. The van der Waals surface area contributed by atoms with Crippen molar-refractivity contribution in [3.05, 3.63) is 5.34 Å². The number of carboxylic acid groups (broad SMARTS) is 1. The zero-order chi connectivity index (χ0) is 7.70. The van der Waals surface area contributed by atoms with Crippen molar-refractivity contribution >= 4 is 29.2 Å². The van der Waals surface area contributed by atoms with Gasteiger partial charge in [0.05, 0.1) is 0 Å². The van der Waals surface area contributed by atoms with Crippen molar-refractivity contribution in [3.63, 3.8) is 0 Å². The lowest BCUT2D eigenvalue weighted by Crippen LogP contribution is -1.90. The molecule has 0 amide bonds. The molecule has 0 aromatic rings. The third-order valence-electron chi connectivity index (χ3n) is 0.464. The summed E-state index contributed by atoms with van der Waals surface area (Å²) in [7, 11) is 0. The van der Waals surface area contributed by atoms with E-state index in [1.54, 1.807) is 5.34 Å². The molecule has 0 saturated carbocycles. The Hall–Kier alpha value is 0.0500. The standard InChI is InChI=1S/C4H8O2.CCl2/c1-2-3-4(5)6;2-1-3/h2-3H2,1H3,(H,5,6);. The van der Waals surface area contributed by atoms with Crippen molar-refractivity contribution in [2.24, 2.45) is 0 Å². The number of carbonyl (C=O) groups is 1. The zero-order valence-corrected chi connectivity index (χ0v) is 6.54. The fourth-order valence-electron chi connectivity index (χ4n) is 0.214. The van der Waals surface area contributed by atoms with E-state index < -0.39 is 5.97 Å². The van der Waals surface area contributed by atoms with Crippen LogP contribution in [0.2, 0.25) is 0 Å². The average Bonchev–Trinajstić information content (AvgIpc) is 1.67. The van der Waals surface area contributed by atoms with E-state index in [9.17, 15) is 4.79 Å². The van der Waals surface area contributed by atoms with Gasteiger partial charge < -0.3 is 5.11 Å². The number of halogens is 2. The van der Waals surface area contributed by atoms with Gasteiger partial charge in [0.25, 0.3) is 0 Å². The second-order valence-corrected chi connectivity index (χ2v) is 1.79. The van der Waals surface area contributed by atoms with Gasteiger partial charge in [0.15, 0.2) is 5.34 Å². The minimum Gasteiger partial charge on any atom is -0.481 e. The summed E-state index contributed by atoms with van der Waals surface area (Å²) in [5.74, 6) is -0.711. The van der Waals surface area contributed by atoms with Crippen LogP contribution in [0, 0.1) is 5.34 Å². The van der Waals surface area contributed by atoms with Crippen molar-refractivity contribution < 1.29 is 9.90 Å². The Morgan fingerprint density at radius 1 is 1.67 bits per heavy atom. The summed E-state index contributed by atoms with van der Waals surface area (Å²) in [6.45, 7) is 1.84. The molecule has 0 atom stereocenters. The molecule has 2 nitrogen and oxygen atoms in total. The molecule has 0 aliphatic heterocycles. The SMILES string of the molecule is CCCC(=O)O.Cl[C]Cl. The van der Waals surface area contributed by atoms with Crippen LogP contribution in [0.3, 0.4) is 0 Å². The first-order chi connectivity index (χ1) is 4.18. The van der Waals surface area contributed by atoms with E-state index in [1.165, 1.54) is 0 Å². The Bertz CT molecular complexity index is 66.0. The Morgan fingerprint density at radius 2 is 2.00 bits per heavy atom. The Balaban J connectivity index is 0. The second-order valence-electron chi connectivity index (χ2n) is 1.22. The van der Waals surface area contributed by atoms with Gasteiger partial charge in [0.2, 0.25) is 0 Å². The van der Waals surface area contributed by atoms with Gasteiger partial charge in [0, 0.05) is 6.42 Å². The highest BCUT2D eigenvalue weighted by atomic mass is 35.5. The summed E-state index contributed by atoms with van der Waals surface area (Å²) < 4.78 is 0. The highest BCUT2D eigenvalue weighted by molar-refractivity contribution is 6.47. The second kappa shape index (κ2) is 10.9. The Morgan fingerprint density at radius 3 is 2.00 bits per heavy atom. The molecule has 0 aromatic carbocycles. The third kappa shape index (κ3) is 31.7. The quantitative estimate of drug-likeness (QED) is 0.692. The summed E-state index contributed by atoms with van der Waals surface area (Å²) in [6.07, 6.45) is 1.02. The summed E-state index contributed by atoms with van der Waals surface area (Å²) in [5, 5.41) is 9.61. The van der Waals surface area contributed by atoms with Gasteiger partial charge in [-0.2, -0.15) is 0 Å². The zero-order valence-electron chi connectivity index (χ0n) is 5.03. The molecule has 0 rings (SSSR count). The number of carboxylic acids is 1. The van der Waals surface area contributed by atoms with E-state index in [-0.39, 0.29) is 0 Å². The van der Waals surface area contributed by atoms with Crippen LogP contribution in [0.1, 0.15) is 19.8 Å². The summed E-state index contributed by atoms with van der Waals surface area (Å²) in [4.78, 5) is 9.60. The fraction of sp³-hybridized carbons (Fsp3) is 0.600. The van der Waals surface area contributed by atoms with Gasteiger partial charge in [-0.15, -0.1) is 0 Å². The first-order valence-electron chi connectivity index (χ1n) is 2.37. The van der Waals surface area contributed by atoms with Gasteiger partial charge in [-0.3, -0.25) is 4.79 Å². The maximum absolute atomic E-state index is 9.60. The fourth-order valence-corrected chi connectivity index (χ4v) is 0.214. The van der Waals surface area contributed by atoms with E-state index in [2.05, 4.69) is 23.2 Å². The normalized spacial score (nSPS) is 7.44. The average molecular weight is 171 g/mol. The van der Waals surface area contributed by atoms with Crippen LogP contribution < -0.4 is 0 Å². The summed E-state index contributed by atoms with van der Waals surface area (Å²) >= 11 is 9.03. The van der Waals surface area contributed by atoms with Crippen LogP contribution in [0.4, 0.5) is 0 Å². The third-order valence-corrected chi connectivity index (χ3v) is 0.464. The number of hydrogen-bond donors (Lipinski definition) is 1. The monoisotopic (exact) mass is 170 g/mol. The first-order valence-corrected chi connectivity index (χ1v) is 3.12. The van der Waals surface area contributed by atoms with Gasteiger partial charge in [-0.05, 0) is 6.42 Å². The molecule has 2 radical (unpaired) electrons. The largest absolute Gasteiger partial charge is 0.481 e. The summed E-state index contributed by atoms with van der Waals surface area (Å²) in [6, 6.07) is 0. The van der Waals surface area contributed by atoms with Gasteiger partial charge in [0.1, 0.15) is 0 Å². The molecule has 0 spiro atoms. The van der Waals surface area contributed by atoms with Crippen molar-refractivity contribution in [1.29, 1.82) is 0 Å². The van der Waals surface area contributed by atoms with Crippen molar-refractivity contribution in [3.8, 4) is 0 Å². The van der Waals surface area contributed by atoms with Gasteiger partial charge in [-0.25, -0.2) is 0 Å². The van der Waals surface area contributed by atoms with Crippen molar-refractivity contribution in [2.75, 3.05) is 0 Å². The number of aliphatic carboxylic acids is 1. The van der Waals surface area contributed by atoms with Crippen LogP contribution in [0.5, 0.6) is 0 Å². The lowest BCUT2D eigenvalue weighted by molar-refractivity contribution is -0.137. The molecular formula is C5H8Cl2O2. The van der Waals surface area contributed by atoms with E-state index >= 15 is 0 Å². The maximum Gasteiger partial charge on any atom is 0.303 e. The van der Waals surface area contributed by atoms with Crippen LogP contribution in [-0.2, 0) is 4.79 Å². The van der Waals surface area contributed by atoms with E-state index in [0.717, 1.165) is 6.42 Å². The Labute approximate surface area is 64.8 Å². The van der Waals surface area contributed by atoms with E-state index in [4.69, 9.17) is 5.11 Å². The predicted octanol–water partition coefficient (Wildman–Crippen LogP) is 2.33. The van der Waals surface area contributed by atoms with E-state index in [0.29, 0.717) is 6.42 Å². The molecule has 9 heavy (non-hydrogen) atoms. The van der Waals surface area contributed by atoms with Crippen molar-refractivity contribution in [2.45, 2.75) is 19.8 Å². The van der Waals surface area contributed by atoms with Gasteiger partial charge in [-0.1, -0.05) is 30.1 Å². The van der Waals surface area contributed by atoms with Crippen LogP contribution in [0.25, 0.3) is 0 Å². The van der Waals surface area contributed by atoms with E-state index in [1.807, 2.05) is 6.92 Å². The molecule has 4 heteroatoms. The molecule has 0 bridgehead atoms. The minimum atomic E-state index is -0.711. The molecule has 54 valence electrons. The van der Waals surface area contributed by atoms with Crippen LogP contribution in [0.15, 0.2) is 0 Å². The molecule has 0 aromatic heterocycles. The summed E-state index contributed by atoms with van der Waals surface area (Å²) in [5.41, 5.74) is 0. The molecule has 0 fully saturated rings. The first kappa shape index (κ1) is 11.8. The molecule has 0 aliphatic rings. The number of rotatable bonds is 2. The van der Waals surface area contributed by atoms with Gasteiger partial charge >= 0.3 is 5.97 Å². The Kier molecular flexibility index (Phi) is 14.3. The van der Waals surface area contributed by atoms with Crippen molar-refractivity contribution in [1.82, 2.24) is 0 Å². The maximum atomic E-state index is 9.60. The minimum absolute atomic E-state index is 0.292. The predicted molar refractivity (Wildman–Crippen MR) is 37.5 cm³/mol. The highest BCUT2D eigenvalue weighted by Gasteiger charge is 1.87. The molecule has 0 heterocycles. The molecular weight excluding hydrogens is 163 g/mol. The molecule has 0 aliphatic carbocycles. The topological polar surface area (TPSA) is 37.3 Å².